The molecule has 0 bridgehead atoms. The van der Waals surface area contributed by atoms with Crippen molar-refractivity contribution in [3.8, 4) is 0 Å². The molecule has 2 aliphatic rings. The number of esters is 1. The van der Waals surface area contributed by atoms with Gasteiger partial charge in [-0.15, -0.1) is 0 Å². The lowest BCUT2D eigenvalue weighted by Crippen LogP contribution is -2.48. The SMILES string of the molecule is C=C1CCCC(C)(C)C1(O)CC/C(C)=C/CC[C@@]1(C)CC[C@@H]([C@H](C)C(=O)OC)OO1. The lowest BCUT2D eigenvalue weighted by molar-refractivity contribution is -0.411. The molecule has 0 aromatic rings. The molecule has 172 valence electrons. The van der Waals surface area contributed by atoms with Gasteiger partial charge in [-0.05, 0) is 89.5 Å². The van der Waals surface area contributed by atoms with Crippen LogP contribution in [0.15, 0.2) is 23.8 Å². The van der Waals surface area contributed by atoms with Crippen LogP contribution in [-0.2, 0) is 19.3 Å². The Bertz CT molecular complexity index is 642. The Labute approximate surface area is 182 Å². The first-order valence-corrected chi connectivity index (χ1v) is 11.4. The van der Waals surface area contributed by atoms with E-state index < -0.39 is 5.60 Å². The van der Waals surface area contributed by atoms with Crippen LogP contribution in [0.3, 0.4) is 0 Å². The molecule has 1 N–H and O–H groups in total. The second kappa shape index (κ2) is 9.97. The van der Waals surface area contributed by atoms with Crippen LogP contribution in [-0.4, -0.2) is 35.5 Å². The van der Waals surface area contributed by atoms with E-state index in [0.29, 0.717) is 0 Å². The highest BCUT2D eigenvalue weighted by atomic mass is 17.2. The minimum absolute atomic E-state index is 0.124. The number of allylic oxidation sites excluding steroid dienone is 2. The number of methoxy groups -OCH3 is 1. The van der Waals surface area contributed by atoms with E-state index in [4.69, 9.17) is 14.5 Å². The first kappa shape index (κ1) is 25.1. The van der Waals surface area contributed by atoms with Gasteiger partial charge >= 0.3 is 5.97 Å². The molecule has 0 spiro atoms. The minimum atomic E-state index is -0.780. The predicted molar refractivity (Wildman–Crippen MR) is 119 cm³/mol. The zero-order valence-corrected chi connectivity index (χ0v) is 19.9. The highest BCUT2D eigenvalue weighted by Gasteiger charge is 2.47. The van der Waals surface area contributed by atoms with Gasteiger partial charge in [0.05, 0.1) is 18.6 Å². The third-order valence-corrected chi connectivity index (χ3v) is 7.49. The van der Waals surface area contributed by atoms with Gasteiger partial charge in [-0.3, -0.25) is 4.79 Å². The summed E-state index contributed by atoms with van der Waals surface area (Å²) >= 11 is 0. The summed E-state index contributed by atoms with van der Waals surface area (Å²) in [6.45, 7) is 14.5. The molecule has 1 aliphatic heterocycles. The van der Waals surface area contributed by atoms with Gasteiger partial charge in [-0.1, -0.05) is 32.1 Å². The normalized spacial score (nSPS) is 33.2. The van der Waals surface area contributed by atoms with Gasteiger partial charge in [-0.25, -0.2) is 9.78 Å². The first-order chi connectivity index (χ1) is 13.9. The van der Waals surface area contributed by atoms with Gasteiger partial charge in [0.15, 0.2) is 0 Å². The van der Waals surface area contributed by atoms with Crippen LogP contribution in [0.1, 0.15) is 92.4 Å². The van der Waals surface area contributed by atoms with Crippen molar-refractivity contribution in [1.29, 1.82) is 0 Å². The Kier molecular flexibility index (Phi) is 8.34. The van der Waals surface area contributed by atoms with Crippen molar-refractivity contribution < 1.29 is 24.4 Å². The lowest BCUT2D eigenvalue weighted by Gasteiger charge is -2.48. The van der Waals surface area contributed by atoms with Gasteiger partial charge in [0.2, 0.25) is 0 Å². The maximum absolute atomic E-state index is 11.7. The molecular formula is C25H42O5. The number of hydrogen-bond donors (Lipinski definition) is 1. The molecule has 1 heterocycles. The van der Waals surface area contributed by atoms with E-state index in [2.05, 4.69) is 40.3 Å². The van der Waals surface area contributed by atoms with Crippen molar-refractivity contribution in [3.05, 3.63) is 23.8 Å². The number of ether oxygens (including phenoxy) is 1. The third kappa shape index (κ3) is 5.74. The highest BCUT2D eigenvalue weighted by molar-refractivity contribution is 5.72. The zero-order chi connectivity index (χ0) is 22.6. The van der Waals surface area contributed by atoms with Gasteiger partial charge in [0.1, 0.15) is 11.7 Å². The topological polar surface area (TPSA) is 65.0 Å². The van der Waals surface area contributed by atoms with E-state index in [-0.39, 0.29) is 29.0 Å². The van der Waals surface area contributed by atoms with E-state index in [1.54, 1.807) is 0 Å². The molecule has 1 saturated carbocycles. The molecule has 4 atom stereocenters. The maximum Gasteiger partial charge on any atom is 0.311 e. The lowest BCUT2D eigenvalue weighted by atomic mass is 9.61. The summed E-state index contributed by atoms with van der Waals surface area (Å²) in [5, 5.41) is 11.3. The smallest absolute Gasteiger partial charge is 0.311 e. The van der Waals surface area contributed by atoms with Crippen molar-refractivity contribution in [1.82, 2.24) is 0 Å². The third-order valence-electron chi connectivity index (χ3n) is 7.49. The second-order valence-corrected chi connectivity index (χ2v) is 10.3. The van der Waals surface area contributed by atoms with Gasteiger partial charge in [0.25, 0.3) is 0 Å². The van der Waals surface area contributed by atoms with Crippen LogP contribution in [0.5, 0.6) is 0 Å². The van der Waals surface area contributed by atoms with Crippen molar-refractivity contribution >= 4 is 5.97 Å². The number of aliphatic hydroxyl groups is 1. The van der Waals surface area contributed by atoms with E-state index in [9.17, 15) is 9.90 Å². The molecule has 5 heteroatoms. The van der Waals surface area contributed by atoms with E-state index >= 15 is 0 Å². The molecule has 30 heavy (non-hydrogen) atoms. The molecule has 2 fully saturated rings. The number of hydrogen-bond acceptors (Lipinski definition) is 5. The van der Waals surface area contributed by atoms with Crippen LogP contribution < -0.4 is 0 Å². The fourth-order valence-corrected chi connectivity index (χ4v) is 4.81. The average molecular weight is 423 g/mol. The summed E-state index contributed by atoms with van der Waals surface area (Å²) in [6, 6.07) is 0. The Morgan fingerprint density at radius 3 is 2.60 bits per heavy atom. The second-order valence-electron chi connectivity index (χ2n) is 10.3. The molecule has 5 nitrogen and oxygen atoms in total. The highest BCUT2D eigenvalue weighted by Crippen LogP contribution is 2.49. The summed E-state index contributed by atoms with van der Waals surface area (Å²) in [7, 11) is 1.39. The first-order valence-electron chi connectivity index (χ1n) is 11.4. The van der Waals surface area contributed by atoms with Crippen molar-refractivity contribution in [2.75, 3.05) is 7.11 Å². The molecule has 1 aliphatic carbocycles. The predicted octanol–water partition coefficient (Wildman–Crippen LogP) is 5.67. The number of carbonyl (C=O) groups is 1. The molecule has 2 rings (SSSR count). The summed E-state index contributed by atoms with van der Waals surface area (Å²) in [5.41, 5.74) is 1.03. The van der Waals surface area contributed by atoms with Crippen molar-refractivity contribution in [2.24, 2.45) is 11.3 Å². The number of carbonyl (C=O) groups excluding carboxylic acids is 1. The van der Waals surface area contributed by atoms with Gasteiger partial charge < -0.3 is 9.84 Å². The molecule has 0 aromatic heterocycles. The largest absolute Gasteiger partial charge is 0.469 e. The zero-order valence-electron chi connectivity index (χ0n) is 19.9. The summed E-state index contributed by atoms with van der Waals surface area (Å²) < 4.78 is 4.80. The van der Waals surface area contributed by atoms with Crippen LogP contribution in [0, 0.1) is 11.3 Å². The minimum Gasteiger partial charge on any atom is -0.469 e. The molecule has 0 radical (unpaired) electrons. The monoisotopic (exact) mass is 422 g/mol. The Balaban J connectivity index is 1.81. The molecular weight excluding hydrogens is 380 g/mol. The summed E-state index contributed by atoms with van der Waals surface area (Å²) in [5.74, 6) is -0.595. The maximum atomic E-state index is 11.7. The average Bonchev–Trinajstić information content (AvgIpc) is 2.70. The van der Waals surface area contributed by atoms with Crippen LogP contribution in [0.25, 0.3) is 0 Å². The quantitative estimate of drug-likeness (QED) is 0.310. The fourth-order valence-electron chi connectivity index (χ4n) is 4.81. The Morgan fingerprint density at radius 2 is 2.03 bits per heavy atom. The summed E-state index contributed by atoms with van der Waals surface area (Å²) in [6.07, 6.45) is 10.0. The van der Waals surface area contributed by atoms with Gasteiger partial charge in [0, 0.05) is 0 Å². The Morgan fingerprint density at radius 1 is 1.33 bits per heavy atom. The Hall–Kier alpha value is -1.17. The van der Waals surface area contributed by atoms with E-state index in [1.807, 2.05) is 6.92 Å². The number of rotatable bonds is 8. The van der Waals surface area contributed by atoms with Gasteiger partial charge in [-0.2, -0.15) is 0 Å². The summed E-state index contributed by atoms with van der Waals surface area (Å²) in [4.78, 5) is 22.9. The molecule has 1 saturated heterocycles. The molecule has 0 aromatic carbocycles. The van der Waals surface area contributed by atoms with Crippen molar-refractivity contribution in [3.63, 3.8) is 0 Å². The van der Waals surface area contributed by atoms with Crippen LogP contribution in [0.4, 0.5) is 0 Å². The standard InChI is InChI=1S/C25H42O5/c1-18(12-17-25(27)19(2)11-9-14-23(25,4)5)10-8-15-24(6)16-13-21(29-30-24)20(3)22(26)28-7/h10,20-21,27H,2,8-9,11-17H2,1,3-7H3/b18-10+/t20-,21-,24-,25?/m0/s1. The van der Waals surface area contributed by atoms with Crippen molar-refractivity contribution in [2.45, 2.75) is 110 Å². The molecule has 0 amide bonds. The van der Waals surface area contributed by atoms with Crippen LogP contribution in [0.2, 0.25) is 0 Å². The van der Waals surface area contributed by atoms with E-state index in [1.165, 1.54) is 12.7 Å². The fraction of sp³-hybridized carbons (Fsp3) is 0.800. The van der Waals surface area contributed by atoms with Crippen LogP contribution >= 0.6 is 0 Å². The molecule has 1 unspecified atom stereocenters. The van der Waals surface area contributed by atoms with E-state index in [0.717, 1.165) is 63.4 Å².